The van der Waals surface area contributed by atoms with Gasteiger partial charge in [0, 0.05) is 55.6 Å². The zero-order valence-corrected chi connectivity index (χ0v) is 13.0. The molecule has 2 heterocycles. The zero-order valence-electron chi connectivity index (χ0n) is 12.2. The van der Waals surface area contributed by atoms with E-state index in [1.165, 1.54) is 10.6 Å². The maximum atomic E-state index is 11.6. The van der Waals surface area contributed by atoms with Crippen molar-refractivity contribution in [3.8, 4) is 5.75 Å². The summed E-state index contributed by atoms with van der Waals surface area (Å²) in [5.41, 5.74) is 2.11. The third kappa shape index (κ3) is 2.71. The molecule has 0 bridgehead atoms. The topological polar surface area (TPSA) is 65.6 Å². The molecule has 6 nitrogen and oxygen atoms in total. The van der Waals surface area contributed by atoms with Crippen molar-refractivity contribution < 1.29 is 13.2 Å². The maximum absolute atomic E-state index is 11.6. The van der Waals surface area contributed by atoms with Crippen LogP contribution in [0.3, 0.4) is 0 Å². The zero-order chi connectivity index (χ0) is 15.0. The molecule has 3 rings (SSSR count). The van der Waals surface area contributed by atoms with Crippen LogP contribution in [-0.4, -0.2) is 57.3 Å². The van der Waals surface area contributed by atoms with Crippen molar-refractivity contribution in [3.05, 3.63) is 24.4 Å². The van der Waals surface area contributed by atoms with Crippen LogP contribution in [0.2, 0.25) is 0 Å². The highest BCUT2D eigenvalue weighted by Gasteiger charge is 2.24. The van der Waals surface area contributed by atoms with Crippen molar-refractivity contribution in [1.82, 2.24) is 9.29 Å². The molecule has 1 saturated heterocycles. The van der Waals surface area contributed by atoms with E-state index in [0.29, 0.717) is 26.2 Å². The van der Waals surface area contributed by atoms with Gasteiger partial charge in [0.2, 0.25) is 10.0 Å². The van der Waals surface area contributed by atoms with Gasteiger partial charge in [0.25, 0.3) is 0 Å². The molecule has 2 aromatic rings. The molecule has 7 heteroatoms. The van der Waals surface area contributed by atoms with Crippen LogP contribution in [0, 0.1) is 0 Å². The molecule has 1 aromatic carbocycles. The molecule has 0 unspecified atom stereocenters. The summed E-state index contributed by atoms with van der Waals surface area (Å²) in [5, 5.41) is 1.13. The van der Waals surface area contributed by atoms with Gasteiger partial charge in [-0.3, -0.25) is 0 Å². The fourth-order valence-corrected chi connectivity index (χ4v) is 3.59. The fraction of sp³-hybridized carbons (Fsp3) is 0.429. The number of H-pyrrole nitrogens is 1. The highest BCUT2D eigenvalue weighted by Crippen LogP contribution is 2.32. The second-order valence-electron chi connectivity index (χ2n) is 5.23. The van der Waals surface area contributed by atoms with Crippen molar-refractivity contribution in [1.29, 1.82) is 0 Å². The Labute approximate surface area is 124 Å². The number of benzene rings is 1. The predicted octanol–water partition coefficient (Wildman–Crippen LogP) is 1.26. The van der Waals surface area contributed by atoms with Crippen LogP contribution in [-0.2, 0) is 10.0 Å². The predicted molar refractivity (Wildman–Crippen MR) is 83.5 cm³/mol. The lowest BCUT2D eigenvalue weighted by atomic mass is 10.1. The van der Waals surface area contributed by atoms with Gasteiger partial charge in [-0.1, -0.05) is 0 Å². The first-order chi connectivity index (χ1) is 9.99. The summed E-state index contributed by atoms with van der Waals surface area (Å²) >= 11 is 0. The van der Waals surface area contributed by atoms with E-state index < -0.39 is 10.0 Å². The molecule has 1 aromatic heterocycles. The van der Waals surface area contributed by atoms with Crippen LogP contribution in [0.1, 0.15) is 0 Å². The third-order valence-electron chi connectivity index (χ3n) is 3.90. The van der Waals surface area contributed by atoms with E-state index in [-0.39, 0.29) is 0 Å². The first-order valence-corrected chi connectivity index (χ1v) is 8.69. The fourth-order valence-electron chi connectivity index (χ4n) is 2.76. The molecule has 0 atom stereocenters. The van der Waals surface area contributed by atoms with E-state index in [9.17, 15) is 8.42 Å². The number of nitrogens with one attached hydrogen (secondary N) is 1. The van der Waals surface area contributed by atoms with E-state index in [1.54, 1.807) is 7.11 Å². The van der Waals surface area contributed by atoms with Gasteiger partial charge < -0.3 is 14.6 Å². The van der Waals surface area contributed by atoms with Crippen LogP contribution in [0.4, 0.5) is 5.69 Å². The van der Waals surface area contributed by atoms with Crippen LogP contribution in [0.5, 0.6) is 5.75 Å². The smallest absolute Gasteiger partial charge is 0.211 e. The molecule has 114 valence electrons. The second-order valence-corrected chi connectivity index (χ2v) is 7.22. The standard InChI is InChI=1S/C14H19N3O3S/c1-20-11-9-13-12(3-4-15-13)14(10-11)16-5-7-17(8-6-16)21(2,18)19/h3-4,9-10,15H,5-8H2,1-2H3. The number of nitrogens with zero attached hydrogens (tertiary/aromatic N) is 2. The minimum Gasteiger partial charge on any atom is -0.497 e. The quantitative estimate of drug-likeness (QED) is 0.927. The van der Waals surface area contributed by atoms with Gasteiger partial charge >= 0.3 is 0 Å². The average molecular weight is 309 g/mol. The second kappa shape index (κ2) is 5.23. The molecule has 1 N–H and O–H groups in total. The lowest BCUT2D eigenvalue weighted by Crippen LogP contribution is -2.48. The lowest BCUT2D eigenvalue weighted by Gasteiger charge is -2.35. The monoisotopic (exact) mass is 309 g/mol. The number of aromatic nitrogens is 1. The van der Waals surface area contributed by atoms with Crippen molar-refractivity contribution >= 4 is 26.6 Å². The Hall–Kier alpha value is -1.73. The molecular weight excluding hydrogens is 290 g/mol. The molecule has 0 amide bonds. The molecule has 1 aliphatic rings. The van der Waals surface area contributed by atoms with Crippen molar-refractivity contribution in [2.24, 2.45) is 0 Å². The number of sulfonamides is 1. The van der Waals surface area contributed by atoms with Gasteiger partial charge in [0.15, 0.2) is 0 Å². The van der Waals surface area contributed by atoms with E-state index >= 15 is 0 Å². The number of anilines is 1. The molecule has 0 saturated carbocycles. The Morgan fingerprint density at radius 1 is 1.19 bits per heavy atom. The number of hydrogen-bond acceptors (Lipinski definition) is 4. The van der Waals surface area contributed by atoms with Gasteiger partial charge in [-0.15, -0.1) is 0 Å². The highest BCUT2D eigenvalue weighted by atomic mass is 32.2. The molecular formula is C14H19N3O3S. The van der Waals surface area contributed by atoms with E-state index in [4.69, 9.17) is 4.74 Å². The number of aromatic amines is 1. The largest absolute Gasteiger partial charge is 0.497 e. The SMILES string of the molecule is COc1cc(N2CCN(S(C)(=O)=O)CC2)c2cc[nH]c2c1. The molecule has 0 spiro atoms. The van der Waals surface area contributed by atoms with E-state index in [2.05, 4.69) is 9.88 Å². The molecule has 0 aliphatic carbocycles. The number of methoxy groups -OCH3 is 1. The third-order valence-corrected chi connectivity index (χ3v) is 5.21. The summed E-state index contributed by atoms with van der Waals surface area (Å²) in [6.07, 6.45) is 3.17. The number of ether oxygens (including phenoxy) is 1. The van der Waals surface area contributed by atoms with E-state index in [1.807, 2.05) is 24.4 Å². The Kier molecular flexibility index (Phi) is 3.54. The normalized spacial score (nSPS) is 17.3. The minimum absolute atomic E-state index is 0.516. The van der Waals surface area contributed by atoms with Gasteiger partial charge in [0.05, 0.1) is 18.9 Å². The Bertz CT molecular complexity index is 746. The lowest BCUT2D eigenvalue weighted by molar-refractivity contribution is 0.387. The van der Waals surface area contributed by atoms with Crippen molar-refractivity contribution in [2.45, 2.75) is 0 Å². The van der Waals surface area contributed by atoms with E-state index in [0.717, 1.165) is 22.3 Å². The Morgan fingerprint density at radius 2 is 1.90 bits per heavy atom. The summed E-state index contributed by atoms with van der Waals surface area (Å²) < 4.78 is 30.0. The summed E-state index contributed by atoms with van der Waals surface area (Å²) in [5.74, 6) is 0.797. The Balaban J connectivity index is 1.90. The van der Waals surface area contributed by atoms with Crippen LogP contribution in [0.25, 0.3) is 10.9 Å². The number of rotatable bonds is 3. The minimum atomic E-state index is -3.10. The molecule has 1 aliphatic heterocycles. The molecule has 21 heavy (non-hydrogen) atoms. The van der Waals surface area contributed by atoms with Crippen molar-refractivity contribution in [3.63, 3.8) is 0 Å². The number of hydrogen-bond donors (Lipinski definition) is 1. The highest BCUT2D eigenvalue weighted by molar-refractivity contribution is 7.88. The van der Waals surface area contributed by atoms with Crippen LogP contribution in [0.15, 0.2) is 24.4 Å². The summed E-state index contributed by atoms with van der Waals surface area (Å²) in [6, 6.07) is 6.00. The summed E-state index contributed by atoms with van der Waals surface area (Å²) in [4.78, 5) is 5.40. The van der Waals surface area contributed by atoms with Crippen LogP contribution < -0.4 is 9.64 Å². The first-order valence-electron chi connectivity index (χ1n) is 6.84. The Morgan fingerprint density at radius 3 is 2.52 bits per heavy atom. The van der Waals surface area contributed by atoms with Gasteiger partial charge in [0.1, 0.15) is 5.75 Å². The van der Waals surface area contributed by atoms with Crippen LogP contribution >= 0.6 is 0 Å². The molecule has 0 radical (unpaired) electrons. The summed E-state index contributed by atoms with van der Waals surface area (Å²) in [6.45, 7) is 2.39. The maximum Gasteiger partial charge on any atom is 0.211 e. The number of piperazine rings is 1. The number of fused-ring (bicyclic) bond motifs is 1. The van der Waals surface area contributed by atoms with Gasteiger partial charge in [-0.05, 0) is 6.07 Å². The van der Waals surface area contributed by atoms with Gasteiger partial charge in [-0.2, -0.15) is 4.31 Å². The van der Waals surface area contributed by atoms with Crippen molar-refractivity contribution in [2.75, 3.05) is 44.4 Å². The van der Waals surface area contributed by atoms with Gasteiger partial charge in [-0.25, -0.2) is 8.42 Å². The summed E-state index contributed by atoms with van der Waals surface area (Å²) in [7, 11) is -1.45. The first kappa shape index (κ1) is 14.2. The average Bonchev–Trinajstić information content (AvgIpc) is 2.93. The molecule has 1 fully saturated rings.